The van der Waals surface area contributed by atoms with Crippen LogP contribution in [0.25, 0.3) is 0 Å². The van der Waals surface area contributed by atoms with Gasteiger partial charge in [-0.1, -0.05) is 48.5 Å². The highest BCUT2D eigenvalue weighted by Crippen LogP contribution is 2.69. The Kier molecular flexibility index (Phi) is 8.97. The number of fused-ring (bicyclic) bond motifs is 4. The third-order valence-corrected chi connectivity index (χ3v) is 14.5. The van der Waals surface area contributed by atoms with E-state index in [1.807, 2.05) is 0 Å². The highest BCUT2D eigenvalue weighted by atomic mass is 16.5. The van der Waals surface area contributed by atoms with E-state index in [4.69, 9.17) is 9.47 Å². The molecule has 0 unspecified atom stereocenters. The minimum absolute atomic E-state index is 0.0182. The van der Waals surface area contributed by atoms with Crippen molar-refractivity contribution in [2.24, 2.45) is 0 Å². The normalized spacial score (nSPS) is 22.6. The summed E-state index contributed by atoms with van der Waals surface area (Å²) in [7, 11) is 0. The smallest absolute Gasteiger partial charge is 0.135 e. The molecule has 0 bridgehead atoms. The third-order valence-electron chi connectivity index (χ3n) is 14.5. The lowest BCUT2D eigenvalue weighted by Crippen LogP contribution is -2.26. The van der Waals surface area contributed by atoms with Gasteiger partial charge in [0.15, 0.2) is 0 Å². The van der Waals surface area contributed by atoms with Crippen molar-refractivity contribution in [3.05, 3.63) is 212 Å². The topological polar surface area (TPSA) is 221 Å². The molecule has 0 saturated carbocycles. The molecule has 0 radical (unpaired) electrons. The summed E-state index contributed by atoms with van der Waals surface area (Å²) < 4.78 is 13.7. The molecule has 10 N–H and O–H groups in total. The summed E-state index contributed by atoms with van der Waals surface area (Å²) in [5.41, 5.74) is 6.75. The second-order valence-corrected chi connectivity index (χ2v) is 18.2. The van der Waals surface area contributed by atoms with Crippen molar-refractivity contribution >= 4 is 0 Å². The van der Waals surface area contributed by atoms with Crippen LogP contribution in [0.15, 0.2) is 146 Å². The standard InChI is InChI=1S/C56H42O12/c57-29-9-1-25(2-10-29)45-47-37(17-33(61)21-41(47)65)53-49-39(19-35(63)23-43(49)67-55(53)27-5-13-31(59)14-6-27)51(45)52-40-20-36(64)24-44-50(40)54(56(68-44)28-7-15-32(60)16-8-28)38-18-34(62)22-42(66)48(38)46(52)26-3-11-30(58)12-4-26/h1-24,45-46,51-66H/t45-,46-,51-,52-,53-,54+,55+,56-/m1/s1. The van der Waals surface area contributed by atoms with E-state index in [0.29, 0.717) is 78.3 Å². The molecule has 0 amide bonds. The van der Waals surface area contributed by atoms with Crippen LogP contribution in [0.2, 0.25) is 0 Å². The van der Waals surface area contributed by atoms with E-state index in [9.17, 15) is 51.1 Å². The van der Waals surface area contributed by atoms with Crippen LogP contribution >= 0.6 is 0 Å². The van der Waals surface area contributed by atoms with Crippen LogP contribution in [-0.2, 0) is 0 Å². The zero-order chi connectivity index (χ0) is 46.9. The van der Waals surface area contributed by atoms with Crippen molar-refractivity contribution in [2.45, 2.75) is 47.7 Å². The number of aromatic hydroxyl groups is 10. The molecule has 8 aromatic rings. The molecule has 2 aliphatic carbocycles. The number of phenolic OH excluding ortho intramolecular Hbond substituents is 10. The van der Waals surface area contributed by atoms with Gasteiger partial charge in [0.1, 0.15) is 81.2 Å². The van der Waals surface area contributed by atoms with E-state index in [1.165, 1.54) is 24.3 Å². The third kappa shape index (κ3) is 6.20. The molecule has 0 aromatic heterocycles. The lowest BCUT2D eigenvalue weighted by atomic mass is 9.62. The molecule has 12 heteroatoms. The first-order valence-corrected chi connectivity index (χ1v) is 22.2. The SMILES string of the molecule is Oc1ccc([C@@H]2c3c(O)cc(O)cc3[C@H]3c4c(cc(O)cc4[C@H]2[C@@H]2c4cc(O)cc5c4[C@@H](c4cc(O)cc(O)c4[C@H]2c2ccc(O)cc2)[C@H](c2ccc(O)cc2)O5)O[C@@H]3c2ccc(O)cc2)cc1. The van der Waals surface area contributed by atoms with Crippen LogP contribution in [0, 0.1) is 0 Å². The molecule has 68 heavy (non-hydrogen) atoms. The van der Waals surface area contributed by atoms with E-state index in [1.54, 1.807) is 121 Å². The Labute approximate surface area is 388 Å². The molecule has 0 spiro atoms. The van der Waals surface area contributed by atoms with Crippen LogP contribution < -0.4 is 9.47 Å². The van der Waals surface area contributed by atoms with Gasteiger partial charge in [0.25, 0.3) is 0 Å². The zero-order valence-corrected chi connectivity index (χ0v) is 35.8. The van der Waals surface area contributed by atoms with Gasteiger partial charge in [-0.25, -0.2) is 0 Å². The van der Waals surface area contributed by atoms with E-state index >= 15 is 0 Å². The Bertz CT molecular complexity index is 3110. The predicted octanol–water partition coefficient (Wildman–Crippen LogP) is 10.4. The van der Waals surface area contributed by atoms with Crippen molar-refractivity contribution in [3.63, 3.8) is 0 Å². The zero-order valence-electron chi connectivity index (χ0n) is 35.8. The molecule has 12 rings (SSSR count). The summed E-state index contributed by atoms with van der Waals surface area (Å²) >= 11 is 0. The average Bonchev–Trinajstić information content (AvgIpc) is 3.81. The second-order valence-electron chi connectivity index (χ2n) is 18.2. The first-order valence-electron chi connectivity index (χ1n) is 22.2. The monoisotopic (exact) mass is 906 g/mol. The lowest BCUT2D eigenvalue weighted by molar-refractivity contribution is 0.221. The molecule has 12 nitrogen and oxygen atoms in total. The molecule has 0 saturated heterocycles. The van der Waals surface area contributed by atoms with Crippen LogP contribution in [0.3, 0.4) is 0 Å². The van der Waals surface area contributed by atoms with Gasteiger partial charge in [0, 0.05) is 70.2 Å². The van der Waals surface area contributed by atoms with Crippen LogP contribution in [0.5, 0.6) is 69.0 Å². The first kappa shape index (κ1) is 40.8. The first-order chi connectivity index (χ1) is 32.8. The quantitative estimate of drug-likeness (QED) is 0.0780. The van der Waals surface area contributed by atoms with Gasteiger partial charge in [0.05, 0.1) is 11.8 Å². The molecule has 2 heterocycles. The Balaban J connectivity index is 1.25. The molecular weight excluding hydrogens is 865 g/mol. The number of hydrogen-bond donors (Lipinski definition) is 10. The summed E-state index contributed by atoms with van der Waals surface area (Å²) in [6.45, 7) is 0. The Hall–Kier alpha value is -8.64. The number of rotatable bonds is 5. The van der Waals surface area contributed by atoms with Crippen LogP contribution in [0.1, 0.15) is 114 Å². The van der Waals surface area contributed by atoms with Gasteiger partial charge in [0.2, 0.25) is 0 Å². The Morgan fingerprint density at radius 2 is 0.559 bits per heavy atom. The second kappa shape index (κ2) is 14.9. The fourth-order valence-corrected chi connectivity index (χ4v) is 12.0. The number of benzene rings is 8. The van der Waals surface area contributed by atoms with Crippen molar-refractivity contribution in [1.29, 1.82) is 0 Å². The van der Waals surface area contributed by atoms with Crippen LogP contribution in [-0.4, -0.2) is 51.1 Å². The molecule has 338 valence electrons. The molecule has 8 atom stereocenters. The highest BCUT2D eigenvalue weighted by Gasteiger charge is 2.55. The van der Waals surface area contributed by atoms with E-state index in [0.717, 1.165) is 0 Å². The van der Waals surface area contributed by atoms with E-state index < -0.39 is 47.7 Å². The maximum atomic E-state index is 12.5. The van der Waals surface area contributed by atoms with Gasteiger partial charge in [-0.3, -0.25) is 0 Å². The van der Waals surface area contributed by atoms with Gasteiger partial charge < -0.3 is 60.5 Å². The van der Waals surface area contributed by atoms with E-state index in [-0.39, 0.29) is 57.5 Å². The van der Waals surface area contributed by atoms with Gasteiger partial charge in [-0.05, 0) is 117 Å². The summed E-state index contributed by atoms with van der Waals surface area (Å²) in [5.74, 6) is -5.69. The fraction of sp³-hybridized carbons (Fsp3) is 0.143. The number of hydrogen-bond acceptors (Lipinski definition) is 12. The molecule has 0 fully saturated rings. The van der Waals surface area contributed by atoms with Gasteiger partial charge >= 0.3 is 0 Å². The van der Waals surface area contributed by atoms with E-state index in [2.05, 4.69) is 0 Å². The van der Waals surface area contributed by atoms with Crippen LogP contribution in [0.4, 0.5) is 0 Å². The Morgan fingerprint density at radius 1 is 0.265 bits per heavy atom. The molecular formula is C56H42O12. The van der Waals surface area contributed by atoms with Gasteiger partial charge in [-0.2, -0.15) is 0 Å². The largest absolute Gasteiger partial charge is 0.508 e. The summed E-state index contributed by atoms with van der Waals surface area (Å²) in [4.78, 5) is 0. The predicted molar refractivity (Wildman–Crippen MR) is 248 cm³/mol. The number of phenols is 10. The fourth-order valence-electron chi connectivity index (χ4n) is 12.0. The van der Waals surface area contributed by atoms with Gasteiger partial charge in [-0.15, -0.1) is 0 Å². The maximum absolute atomic E-state index is 12.5. The number of ether oxygens (including phenoxy) is 2. The lowest BCUT2D eigenvalue weighted by Gasteiger charge is -2.40. The Morgan fingerprint density at radius 3 is 0.897 bits per heavy atom. The molecule has 8 aromatic carbocycles. The van der Waals surface area contributed by atoms with Crippen molar-refractivity contribution in [3.8, 4) is 69.0 Å². The summed E-state index contributed by atoms with van der Waals surface area (Å²) in [5, 5.41) is 114. The minimum atomic E-state index is -0.918. The molecule has 4 aliphatic rings. The maximum Gasteiger partial charge on any atom is 0.135 e. The summed E-state index contributed by atoms with van der Waals surface area (Å²) in [6, 6.07) is 38.4. The van der Waals surface area contributed by atoms with Crippen molar-refractivity contribution in [2.75, 3.05) is 0 Å². The summed E-state index contributed by atoms with van der Waals surface area (Å²) in [6.07, 6.45) is -1.62. The van der Waals surface area contributed by atoms with Crippen molar-refractivity contribution in [1.82, 2.24) is 0 Å². The molecule has 2 aliphatic heterocycles. The highest BCUT2D eigenvalue weighted by molar-refractivity contribution is 5.71. The minimum Gasteiger partial charge on any atom is -0.508 e. The van der Waals surface area contributed by atoms with Crippen molar-refractivity contribution < 1.29 is 60.5 Å². The average molecular weight is 907 g/mol.